The van der Waals surface area contributed by atoms with Crippen molar-refractivity contribution in [1.82, 2.24) is 9.97 Å². The summed E-state index contributed by atoms with van der Waals surface area (Å²) in [6.07, 6.45) is -1.86. The first-order valence-electron chi connectivity index (χ1n) is 7.77. The fourth-order valence-corrected chi connectivity index (χ4v) is 2.77. The SMILES string of the molecule is Cc1ccnc(N2CC[C@@H](COc3ccccc3C(F)(F)F)C2)n1. The van der Waals surface area contributed by atoms with E-state index in [1.165, 1.54) is 12.1 Å². The zero-order valence-electron chi connectivity index (χ0n) is 13.3. The molecule has 4 nitrogen and oxygen atoms in total. The number of rotatable bonds is 4. The number of hydrogen-bond donors (Lipinski definition) is 0. The van der Waals surface area contributed by atoms with Gasteiger partial charge in [-0.2, -0.15) is 13.2 Å². The summed E-state index contributed by atoms with van der Waals surface area (Å²) < 4.78 is 44.4. The normalized spacial score (nSPS) is 18.0. The molecule has 2 heterocycles. The van der Waals surface area contributed by atoms with Gasteiger partial charge in [0.1, 0.15) is 5.75 Å². The molecule has 1 aliphatic rings. The summed E-state index contributed by atoms with van der Waals surface area (Å²) in [4.78, 5) is 10.7. The molecule has 0 amide bonds. The van der Waals surface area contributed by atoms with E-state index in [4.69, 9.17) is 4.74 Å². The highest BCUT2D eigenvalue weighted by atomic mass is 19.4. The van der Waals surface area contributed by atoms with Crippen LogP contribution in [0.1, 0.15) is 17.7 Å². The van der Waals surface area contributed by atoms with E-state index >= 15 is 0 Å². The Hall–Kier alpha value is -2.31. The molecule has 0 N–H and O–H groups in total. The Morgan fingerprint density at radius 2 is 2.04 bits per heavy atom. The second-order valence-electron chi connectivity index (χ2n) is 5.90. The van der Waals surface area contributed by atoms with Crippen LogP contribution in [0.2, 0.25) is 0 Å². The van der Waals surface area contributed by atoms with Gasteiger partial charge in [0.2, 0.25) is 5.95 Å². The van der Waals surface area contributed by atoms with Gasteiger partial charge in [0, 0.05) is 30.9 Å². The summed E-state index contributed by atoms with van der Waals surface area (Å²) in [5.41, 5.74) is 0.153. The average molecular weight is 337 g/mol. The largest absolute Gasteiger partial charge is 0.493 e. The summed E-state index contributed by atoms with van der Waals surface area (Å²) in [5, 5.41) is 0. The molecule has 2 aromatic rings. The lowest BCUT2D eigenvalue weighted by Gasteiger charge is -2.18. The fourth-order valence-electron chi connectivity index (χ4n) is 2.77. The lowest BCUT2D eigenvalue weighted by molar-refractivity contribution is -0.139. The number of benzene rings is 1. The molecule has 24 heavy (non-hydrogen) atoms. The molecule has 3 rings (SSSR count). The molecule has 0 spiro atoms. The maximum atomic E-state index is 13.0. The Morgan fingerprint density at radius 1 is 1.25 bits per heavy atom. The van der Waals surface area contributed by atoms with Crippen molar-refractivity contribution in [2.45, 2.75) is 19.5 Å². The first-order valence-corrected chi connectivity index (χ1v) is 7.77. The summed E-state index contributed by atoms with van der Waals surface area (Å²) >= 11 is 0. The third-order valence-corrected chi connectivity index (χ3v) is 4.02. The Balaban J connectivity index is 1.61. The highest BCUT2D eigenvalue weighted by molar-refractivity contribution is 5.36. The summed E-state index contributed by atoms with van der Waals surface area (Å²) in [6.45, 7) is 3.60. The number of halogens is 3. The monoisotopic (exact) mass is 337 g/mol. The number of anilines is 1. The molecule has 1 aromatic heterocycles. The van der Waals surface area contributed by atoms with E-state index in [1.807, 2.05) is 17.9 Å². The van der Waals surface area contributed by atoms with Gasteiger partial charge in [0.05, 0.1) is 12.2 Å². The molecule has 1 saturated heterocycles. The van der Waals surface area contributed by atoms with Crippen LogP contribution in [-0.2, 0) is 6.18 Å². The van der Waals surface area contributed by atoms with E-state index in [0.717, 1.165) is 24.7 Å². The number of aromatic nitrogens is 2. The Bertz CT molecular complexity index is 705. The molecule has 1 aromatic carbocycles. The third-order valence-electron chi connectivity index (χ3n) is 4.02. The Labute approximate surface area is 138 Å². The molecule has 1 fully saturated rings. The molecule has 0 saturated carbocycles. The van der Waals surface area contributed by atoms with Crippen molar-refractivity contribution in [2.75, 3.05) is 24.6 Å². The lowest BCUT2D eigenvalue weighted by atomic mass is 10.1. The van der Waals surface area contributed by atoms with E-state index in [9.17, 15) is 13.2 Å². The highest BCUT2D eigenvalue weighted by Gasteiger charge is 2.34. The van der Waals surface area contributed by atoms with Gasteiger partial charge in [0.25, 0.3) is 0 Å². The van der Waals surface area contributed by atoms with Crippen molar-refractivity contribution in [3.63, 3.8) is 0 Å². The van der Waals surface area contributed by atoms with E-state index < -0.39 is 11.7 Å². The summed E-state index contributed by atoms with van der Waals surface area (Å²) in [7, 11) is 0. The molecule has 0 bridgehead atoms. The Morgan fingerprint density at radius 3 is 2.79 bits per heavy atom. The molecular weight excluding hydrogens is 319 g/mol. The maximum Gasteiger partial charge on any atom is 0.419 e. The number of aryl methyl sites for hydroxylation is 1. The van der Waals surface area contributed by atoms with E-state index in [-0.39, 0.29) is 18.3 Å². The van der Waals surface area contributed by atoms with Gasteiger partial charge in [-0.3, -0.25) is 0 Å². The average Bonchev–Trinajstić information content (AvgIpc) is 3.01. The topological polar surface area (TPSA) is 38.2 Å². The van der Waals surface area contributed by atoms with Crippen LogP contribution < -0.4 is 9.64 Å². The molecule has 1 aliphatic heterocycles. The molecule has 128 valence electrons. The van der Waals surface area contributed by atoms with Gasteiger partial charge in [0.15, 0.2) is 0 Å². The quantitative estimate of drug-likeness (QED) is 0.852. The van der Waals surface area contributed by atoms with Gasteiger partial charge in [-0.25, -0.2) is 9.97 Å². The van der Waals surface area contributed by atoms with Crippen LogP contribution >= 0.6 is 0 Å². The van der Waals surface area contributed by atoms with Crippen molar-refractivity contribution in [1.29, 1.82) is 0 Å². The van der Waals surface area contributed by atoms with Gasteiger partial charge in [-0.1, -0.05) is 12.1 Å². The summed E-state index contributed by atoms with van der Waals surface area (Å²) in [6, 6.07) is 7.14. The van der Waals surface area contributed by atoms with E-state index in [1.54, 1.807) is 12.3 Å². The van der Waals surface area contributed by atoms with Gasteiger partial charge < -0.3 is 9.64 Å². The van der Waals surface area contributed by atoms with Crippen molar-refractivity contribution in [2.24, 2.45) is 5.92 Å². The number of nitrogens with zero attached hydrogens (tertiary/aromatic N) is 3. The first-order chi connectivity index (χ1) is 11.4. The standard InChI is InChI=1S/C17H18F3N3O/c1-12-6-8-21-16(22-12)23-9-7-13(10-23)11-24-15-5-3-2-4-14(15)17(18,19)20/h2-6,8,13H,7,9-11H2,1H3/t13-/m1/s1. The molecule has 0 unspecified atom stereocenters. The minimum Gasteiger partial charge on any atom is -0.493 e. The molecule has 7 heteroatoms. The van der Waals surface area contributed by atoms with Crippen LogP contribution in [0, 0.1) is 12.8 Å². The van der Waals surface area contributed by atoms with Crippen LogP contribution in [0.3, 0.4) is 0 Å². The molecular formula is C17H18F3N3O. The first kappa shape index (κ1) is 16.5. The smallest absolute Gasteiger partial charge is 0.419 e. The lowest BCUT2D eigenvalue weighted by Crippen LogP contribution is -2.24. The van der Waals surface area contributed by atoms with E-state index in [0.29, 0.717) is 12.5 Å². The Kier molecular flexibility index (Phi) is 4.59. The van der Waals surface area contributed by atoms with Gasteiger partial charge in [-0.15, -0.1) is 0 Å². The van der Waals surface area contributed by atoms with Crippen LogP contribution in [0.4, 0.5) is 19.1 Å². The van der Waals surface area contributed by atoms with Crippen molar-refractivity contribution < 1.29 is 17.9 Å². The number of alkyl halides is 3. The zero-order valence-corrected chi connectivity index (χ0v) is 13.3. The van der Waals surface area contributed by atoms with Gasteiger partial charge >= 0.3 is 6.18 Å². The fraction of sp³-hybridized carbons (Fsp3) is 0.412. The van der Waals surface area contributed by atoms with Gasteiger partial charge in [-0.05, 0) is 31.5 Å². The van der Waals surface area contributed by atoms with Crippen molar-refractivity contribution in [3.8, 4) is 5.75 Å². The second kappa shape index (κ2) is 6.67. The van der Waals surface area contributed by atoms with Crippen LogP contribution in [0.5, 0.6) is 5.75 Å². The highest BCUT2D eigenvalue weighted by Crippen LogP contribution is 2.36. The number of hydrogen-bond acceptors (Lipinski definition) is 4. The number of para-hydroxylation sites is 1. The summed E-state index contributed by atoms with van der Waals surface area (Å²) in [5.74, 6) is 0.693. The molecule has 0 radical (unpaired) electrons. The zero-order chi connectivity index (χ0) is 17.2. The minimum absolute atomic E-state index is 0.116. The predicted octanol–water partition coefficient (Wildman–Crippen LogP) is 3.71. The maximum absolute atomic E-state index is 13.0. The molecule has 1 atom stereocenters. The van der Waals surface area contributed by atoms with Crippen molar-refractivity contribution >= 4 is 5.95 Å². The van der Waals surface area contributed by atoms with E-state index in [2.05, 4.69) is 9.97 Å². The van der Waals surface area contributed by atoms with Crippen LogP contribution in [0.25, 0.3) is 0 Å². The molecule has 0 aliphatic carbocycles. The van der Waals surface area contributed by atoms with Crippen molar-refractivity contribution in [3.05, 3.63) is 47.8 Å². The number of ether oxygens (including phenoxy) is 1. The minimum atomic E-state index is -4.41. The predicted molar refractivity (Wildman–Crippen MR) is 84.0 cm³/mol. The van der Waals surface area contributed by atoms with Crippen LogP contribution in [-0.4, -0.2) is 29.7 Å². The van der Waals surface area contributed by atoms with Crippen LogP contribution in [0.15, 0.2) is 36.5 Å². The second-order valence-corrected chi connectivity index (χ2v) is 5.90. The third kappa shape index (κ3) is 3.77.